The molecule has 0 aliphatic carbocycles. The quantitative estimate of drug-likeness (QED) is 0.469. The van der Waals surface area contributed by atoms with E-state index in [0.717, 1.165) is 0 Å². The van der Waals surface area contributed by atoms with Crippen molar-refractivity contribution in [2.75, 3.05) is 12.3 Å². The molecule has 2 aliphatic rings. The molecular formula is C10H11OP. The summed E-state index contributed by atoms with van der Waals surface area (Å²) in [6.45, 7) is 0. The Morgan fingerprint density at radius 1 is 1.08 bits per heavy atom. The molecule has 0 spiro atoms. The molecule has 0 amide bonds. The third-order valence-corrected chi connectivity index (χ3v) is 5.24. The molecule has 0 radical (unpaired) electrons. The Morgan fingerprint density at radius 3 is 2.42 bits per heavy atom. The summed E-state index contributed by atoms with van der Waals surface area (Å²) < 4.78 is 5.42. The van der Waals surface area contributed by atoms with E-state index in [1.807, 2.05) is 0 Å². The van der Waals surface area contributed by atoms with Crippen molar-refractivity contribution in [2.45, 2.75) is 12.2 Å². The third-order valence-electron chi connectivity index (χ3n) is 2.61. The first-order valence-corrected chi connectivity index (χ1v) is 6.10. The van der Waals surface area contributed by atoms with E-state index in [1.165, 1.54) is 12.3 Å². The molecule has 1 aromatic carbocycles. The second kappa shape index (κ2) is 2.55. The van der Waals surface area contributed by atoms with Crippen LogP contribution in [0.4, 0.5) is 0 Å². The zero-order valence-corrected chi connectivity index (χ0v) is 7.71. The number of ether oxygens (including phenoxy) is 1. The van der Waals surface area contributed by atoms with E-state index in [-0.39, 0.29) is 7.92 Å². The fraction of sp³-hybridized carbons (Fsp3) is 0.400. The summed E-state index contributed by atoms with van der Waals surface area (Å²) in [7, 11) is 0.145. The standard InChI is InChI=1S/C10H11OP/c1-2-4-8(5-3-1)12-6-9-10(7-12)11-9/h1-5,9-10H,6-7H2/t9-,10+,12?. The molecule has 1 unspecified atom stereocenters. The van der Waals surface area contributed by atoms with Crippen LogP contribution in [0.25, 0.3) is 0 Å². The lowest BCUT2D eigenvalue weighted by atomic mass is 10.4. The average Bonchev–Trinajstić information content (AvgIpc) is 2.75. The normalized spacial score (nSPS) is 37.8. The minimum absolute atomic E-state index is 0.145. The van der Waals surface area contributed by atoms with Crippen molar-refractivity contribution in [3.8, 4) is 0 Å². The molecule has 2 heteroatoms. The summed E-state index contributed by atoms with van der Waals surface area (Å²) in [5.41, 5.74) is 0. The van der Waals surface area contributed by atoms with E-state index in [2.05, 4.69) is 30.3 Å². The lowest BCUT2D eigenvalue weighted by Crippen LogP contribution is -2.04. The van der Waals surface area contributed by atoms with Gasteiger partial charge < -0.3 is 4.74 Å². The smallest absolute Gasteiger partial charge is 0.0887 e. The third kappa shape index (κ3) is 1.09. The first kappa shape index (κ1) is 7.06. The molecule has 12 heavy (non-hydrogen) atoms. The number of benzene rings is 1. The average molecular weight is 178 g/mol. The maximum absolute atomic E-state index is 5.42. The molecule has 3 atom stereocenters. The summed E-state index contributed by atoms with van der Waals surface area (Å²) in [4.78, 5) is 0. The summed E-state index contributed by atoms with van der Waals surface area (Å²) >= 11 is 0. The molecule has 0 N–H and O–H groups in total. The molecule has 0 aromatic heterocycles. The molecule has 1 aromatic rings. The number of epoxide rings is 1. The van der Waals surface area contributed by atoms with Crippen molar-refractivity contribution in [1.82, 2.24) is 0 Å². The van der Waals surface area contributed by atoms with Crippen LogP contribution in [0.5, 0.6) is 0 Å². The van der Waals surface area contributed by atoms with E-state index in [1.54, 1.807) is 5.30 Å². The van der Waals surface area contributed by atoms with Gasteiger partial charge in [0.2, 0.25) is 0 Å². The fourth-order valence-corrected chi connectivity index (χ4v) is 4.53. The van der Waals surface area contributed by atoms with Crippen molar-refractivity contribution in [3.05, 3.63) is 30.3 Å². The highest BCUT2D eigenvalue weighted by atomic mass is 31.1. The number of hydrogen-bond acceptors (Lipinski definition) is 1. The Balaban J connectivity index is 1.82. The Morgan fingerprint density at radius 2 is 1.75 bits per heavy atom. The van der Waals surface area contributed by atoms with Gasteiger partial charge >= 0.3 is 0 Å². The van der Waals surface area contributed by atoms with Crippen molar-refractivity contribution >= 4 is 13.2 Å². The van der Waals surface area contributed by atoms with E-state index >= 15 is 0 Å². The monoisotopic (exact) mass is 178 g/mol. The van der Waals surface area contributed by atoms with E-state index in [9.17, 15) is 0 Å². The molecule has 2 aliphatic heterocycles. The lowest BCUT2D eigenvalue weighted by molar-refractivity contribution is 0.385. The molecule has 3 rings (SSSR count). The van der Waals surface area contributed by atoms with Gasteiger partial charge in [-0.3, -0.25) is 0 Å². The Labute approximate surface area is 73.5 Å². The SMILES string of the molecule is c1ccc(P2C[C@@H]3O[C@@H]3C2)cc1. The van der Waals surface area contributed by atoms with Crippen LogP contribution in [0.15, 0.2) is 30.3 Å². The zero-order chi connectivity index (χ0) is 7.97. The van der Waals surface area contributed by atoms with Crippen LogP contribution in [0.3, 0.4) is 0 Å². The second-order valence-electron chi connectivity index (χ2n) is 3.45. The van der Waals surface area contributed by atoms with Crippen molar-refractivity contribution < 1.29 is 4.74 Å². The van der Waals surface area contributed by atoms with Crippen LogP contribution in [-0.2, 0) is 4.74 Å². The highest BCUT2D eigenvalue weighted by Crippen LogP contribution is 2.51. The van der Waals surface area contributed by atoms with E-state index < -0.39 is 0 Å². The minimum Gasteiger partial charge on any atom is -0.369 e. The predicted molar refractivity (Wildman–Crippen MR) is 51.4 cm³/mol. The topological polar surface area (TPSA) is 12.5 Å². The number of rotatable bonds is 1. The molecule has 0 bridgehead atoms. The second-order valence-corrected chi connectivity index (χ2v) is 5.78. The van der Waals surface area contributed by atoms with Crippen LogP contribution in [0.2, 0.25) is 0 Å². The fourth-order valence-electron chi connectivity index (χ4n) is 1.86. The predicted octanol–water partition coefficient (Wildman–Crippen LogP) is 1.57. The van der Waals surface area contributed by atoms with Crippen LogP contribution < -0.4 is 5.30 Å². The molecular weight excluding hydrogens is 167 g/mol. The van der Waals surface area contributed by atoms with Crippen molar-refractivity contribution in [1.29, 1.82) is 0 Å². The van der Waals surface area contributed by atoms with Gasteiger partial charge in [-0.1, -0.05) is 38.3 Å². The highest BCUT2D eigenvalue weighted by Gasteiger charge is 2.47. The first-order chi connectivity index (χ1) is 5.93. The van der Waals surface area contributed by atoms with Gasteiger partial charge in [0.1, 0.15) is 0 Å². The summed E-state index contributed by atoms with van der Waals surface area (Å²) in [6, 6.07) is 10.9. The van der Waals surface area contributed by atoms with Crippen LogP contribution in [0.1, 0.15) is 0 Å². The highest BCUT2D eigenvalue weighted by molar-refractivity contribution is 7.66. The van der Waals surface area contributed by atoms with E-state index in [4.69, 9.17) is 4.74 Å². The van der Waals surface area contributed by atoms with Crippen molar-refractivity contribution in [2.24, 2.45) is 0 Å². The number of fused-ring (bicyclic) bond motifs is 1. The van der Waals surface area contributed by atoms with Crippen LogP contribution in [-0.4, -0.2) is 24.5 Å². The molecule has 0 saturated carbocycles. The van der Waals surface area contributed by atoms with Gasteiger partial charge in [-0.25, -0.2) is 0 Å². The molecule has 2 fully saturated rings. The van der Waals surface area contributed by atoms with E-state index in [0.29, 0.717) is 12.2 Å². The molecule has 2 heterocycles. The van der Waals surface area contributed by atoms with Gasteiger partial charge in [0.15, 0.2) is 0 Å². The maximum atomic E-state index is 5.42. The van der Waals surface area contributed by atoms with Crippen LogP contribution in [0, 0.1) is 0 Å². The molecule has 62 valence electrons. The molecule has 2 saturated heterocycles. The lowest BCUT2D eigenvalue weighted by Gasteiger charge is -2.11. The van der Waals surface area contributed by atoms with Gasteiger partial charge in [0.25, 0.3) is 0 Å². The largest absolute Gasteiger partial charge is 0.369 e. The van der Waals surface area contributed by atoms with Gasteiger partial charge in [-0.15, -0.1) is 0 Å². The van der Waals surface area contributed by atoms with Gasteiger partial charge in [-0.05, 0) is 5.30 Å². The first-order valence-electron chi connectivity index (χ1n) is 4.39. The maximum Gasteiger partial charge on any atom is 0.0887 e. The van der Waals surface area contributed by atoms with Crippen molar-refractivity contribution in [3.63, 3.8) is 0 Å². The van der Waals surface area contributed by atoms with Crippen LogP contribution >= 0.6 is 7.92 Å². The summed E-state index contributed by atoms with van der Waals surface area (Å²) in [6.07, 6.45) is 3.89. The Hall–Kier alpha value is -0.390. The minimum atomic E-state index is 0.145. The van der Waals surface area contributed by atoms with Gasteiger partial charge in [0, 0.05) is 12.3 Å². The van der Waals surface area contributed by atoms with Gasteiger partial charge in [0.05, 0.1) is 12.2 Å². The van der Waals surface area contributed by atoms with Gasteiger partial charge in [-0.2, -0.15) is 0 Å². The summed E-state index contributed by atoms with van der Waals surface area (Å²) in [5.74, 6) is 0. The molecule has 1 nitrogen and oxygen atoms in total. The Bertz CT molecular complexity index is 275. The number of hydrogen-bond donors (Lipinski definition) is 0. The summed E-state index contributed by atoms with van der Waals surface area (Å²) in [5, 5.41) is 1.56. The Kier molecular flexibility index (Phi) is 1.50. The zero-order valence-electron chi connectivity index (χ0n) is 6.81.